The van der Waals surface area contributed by atoms with Crippen molar-refractivity contribution >= 4 is 17.8 Å². The highest BCUT2D eigenvalue weighted by atomic mass is 35.5. The number of aryl methyl sites for hydroxylation is 3. The third-order valence-corrected chi connectivity index (χ3v) is 4.39. The zero-order valence-electron chi connectivity index (χ0n) is 14.6. The van der Waals surface area contributed by atoms with Crippen LogP contribution >= 0.6 is 11.6 Å². The molecule has 7 heteroatoms. The van der Waals surface area contributed by atoms with E-state index in [-0.39, 0.29) is 5.56 Å². The molecule has 0 aliphatic rings. The average molecular weight is 366 g/mol. The number of halogens is 1. The summed E-state index contributed by atoms with van der Waals surface area (Å²) in [7, 11) is 0. The van der Waals surface area contributed by atoms with Crippen LogP contribution in [0.4, 0.5) is 0 Å². The Balaban J connectivity index is 2.08. The standard InChI is InChI=1S/C19H16ClN5O/c1-12-9-13(2)24(19(26)16(12)10-21)22-11-17-14(3)23-25(18(17)20)15-7-5-4-6-8-15/h4-9,11H,1-3H3/b22-11+. The molecule has 2 heterocycles. The van der Waals surface area contributed by atoms with Crippen molar-refractivity contribution in [3.8, 4) is 11.8 Å². The maximum absolute atomic E-state index is 12.4. The van der Waals surface area contributed by atoms with Crippen molar-refractivity contribution in [1.82, 2.24) is 14.5 Å². The van der Waals surface area contributed by atoms with Crippen LogP contribution in [0.5, 0.6) is 0 Å². The van der Waals surface area contributed by atoms with Gasteiger partial charge >= 0.3 is 0 Å². The van der Waals surface area contributed by atoms with E-state index in [9.17, 15) is 4.79 Å². The van der Waals surface area contributed by atoms with E-state index in [0.717, 1.165) is 5.69 Å². The quantitative estimate of drug-likeness (QED) is 0.668. The Labute approximate surface area is 155 Å². The Morgan fingerprint density at radius 3 is 2.58 bits per heavy atom. The number of benzene rings is 1. The predicted molar refractivity (Wildman–Crippen MR) is 101 cm³/mol. The largest absolute Gasteiger partial charge is 0.289 e. The van der Waals surface area contributed by atoms with Crippen LogP contribution in [0, 0.1) is 32.1 Å². The summed E-state index contributed by atoms with van der Waals surface area (Å²) in [4.78, 5) is 12.4. The number of aromatic nitrogens is 3. The summed E-state index contributed by atoms with van der Waals surface area (Å²) in [6.07, 6.45) is 1.50. The Morgan fingerprint density at radius 1 is 1.23 bits per heavy atom. The molecule has 2 aromatic heterocycles. The summed E-state index contributed by atoms with van der Waals surface area (Å²) in [5.41, 5.74) is 3.01. The summed E-state index contributed by atoms with van der Waals surface area (Å²) < 4.78 is 2.81. The maximum Gasteiger partial charge on any atom is 0.289 e. The summed E-state index contributed by atoms with van der Waals surface area (Å²) in [5.74, 6) is 0. The fourth-order valence-corrected chi connectivity index (χ4v) is 3.00. The average Bonchev–Trinajstić information content (AvgIpc) is 2.90. The Hall–Kier alpha value is -3.17. The topological polar surface area (TPSA) is 76.0 Å². The van der Waals surface area contributed by atoms with Crippen molar-refractivity contribution in [3.05, 3.63) is 80.0 Å². The van der Waals surface area contributed by atoms with Gasteiger partial charge in [0.2, 0.25) is 0 Å². The molecule has 0 fully saturated rings. The molecule has 0 saturated carbocycles. The first kappa shape index (κ1) is 17.6. The lowest BCUT2D eigenvalue weighted by Gasteiger charge is -2.06. The molecule has 26 heavy (non-hydrogen) atoms. The minimum absolute atomic E-state index is 0.0792. The van der Waals surface area contributed by atoms with Gasteiger partial charge in [-0.05, 0) is 44.5 Å². The second-order valence-electron chi connectivity index (χ2n) is 5.85. The summed E-state index contributed by atoms with van der Waals surface area (Å²) in [6, 6.07) is 13.2. The van der Waals surface area contributed by atoms with Crippen LogP contribution in [0.15, 0.2) is 46.3 Å². The van der Waals surface area contributed by atoms with Gasteiger partial charge in [0.15, 0.2) is 0 Å². The summed E-state index contributed by atoms with van der Waals surface area (Å²) in [6.45, 7) is 5.30. The van der Waals surface area contributed by atoms with Crippen LogP contribution in [0.2, 0.25) is 5.15 Å². The van der Waals surface area contributed by atoms with E-state index in [1.165, 1.54) is 10.9 Å². The molecule has 3 aromatic rings. The Bertz CT molecular complexity index is 1100. The monoisotopic (exact) mass is 365 g/mol. The molecule has 1 aromatic carbocycles. The third-order valence-electron chi connectivity index (χ3n) is 4.02. The molecule has 6 nitrogen and oxygen atoms in total. The van der Waals surface area contributed by atoms with Crippen molar-refractivity contribution < 1.29 is 0 Å². The number of pyridine rings is 1. The van der Waals surface area contributed by atoms with Gasteiger partial charge in [0.05, 0.1) is 23.2 Å². The molecular formula is C19H16ClN5O. The molecule has 0 spiro atoms. The smallest absolute Gasteiger partial charge is 0.266 e. The second kappa shape index (κ2) is 6.98. The molecule has 0 bridgehead atoms. The van der Waals surface area contributed by atoms with Gasteiger partial charge in [-0.15, -0.1) is 0 Å². The maximum atomic E-state index is 12.4. The molecule has 0 amide bonds. The van der Waals surface area contributed by atoms with Gasteiger partial charge in [0, 0.05) is 5.69 Å². The molecule has 130 valence electrons. The van der Waals surface area contributed by atoms with Crippen molar-refractivity contribution in [3.63, 3.8) is 0 Å². The lowest BCUT2D eigenvalue weighted by molar-refractivity contribution is 0.786. The first-order valence-electron chi connectivity index (χ1n) is 7.92. The SMILES string of the molecule is Cc1cc(C)n(/N=C/c2c(C)nn(-c3ccccc3)c2Cl)c(=O)c1C#N. The molecule has 0 N–H and O–H groups in total. The van der Waals surface area contributed by atoms with E-state index in [0.29, 0.717) is 27.7 Å². The van der Waals surface area contributed by atoms with Crippen LogP contribution in [0.3, 0.4) is 0 Å². The second-order valence-corrected chi connectivity index (χ2v) is 6.21. The fraction of sp³-hybridized carbons (Fsp3) is 0.158. The van der Waals surface area contributed by atoms with Crippen LogP contribution < -0.4 is 5.56 Å². The lowest BCUT2D eigenvalue weighted by atomic mass is 10.1. The van der Waals surface area contributed by atoms with Crippen molar-refractivity contribution in [1.29, 1.82) is 5.26 Å². The Kier molecular flexibility index (Phi) is 4.74. The first-order chi connectivity index (χ1) is 12.4. The minimum atomic E-state index is -0.453. The van der Waals surface area contributed by atoms with E-state index in [2.05, 4.69) is 10.2 Å². The van der Waals surface area contributed by atoms with Gasteiger partial charge < -0.3 is 0 Å². The molecular weight excluding hydrogens is 350 g/mol. The first-order valence-corrected chi connectivity index (χ1v) is 8.30. The summed E-state index contributed by atoms with van der Waals surface area (Å²) >= 11 is 6.46. The van der Waals surface area contributed by atoms with Gasteiger partial charge in [0.1, 0.15) is 16.8 Å². The molecule has 0 saturated heterocycles. The van der Waals surface area contributed by atoms with E-state index in [1.807, 2.05) is 43.3 Å². The van der Waals surface area contributed by atoms with Gasteiger partial charge in [-0.1, -0.05) is 29.8 Å². The van der Waals surface area contributed by atoms with Crippen molar-refractivity contribution in [2.24, 2.45) is 5.10 Å². The fourth-order valence-electron chi connectivity index (χ4n) is 2.67. The number of nitriles is 1. The van der Waals surface area contributed by atoms with Gasteiger partial charge in [-0.3, -0.25) is 4.79 Å². The number of nitrogens with zero attached hydrogens (tertiary/aromatic N) is 5. The van der Waals surface area contributed by atoms with E-state index < -0.39 is 5.56 Å². The highest BCUT2D eigenvalue weighted by molar-refractivity contribution is 6.32. The number of hydrogen-bond acceptors (Lipinski definition) is 4. The van der Waals surface area contributed by atoms with E-state index in [4.69, 9.17) is 16.9 Å². The molecule has 0 aliphatic heterocycles. The van der Waals surface area contributed by atoms with Gasteiger partial charge in [0.25, 0.3) is 5.56 Å². The minimum Gasteiger partial charge on any atom is -0.266 e. The van der Waals surface area contributed by atoms with E-state index >= 15 is 0 Å². The van der Waals surface area contributed by atoms with Crippen LogP contribution in [-0.2, 0) is 0 Å². The predicted octanol–water partition coefficient (Wildman–Crippen LogP) is 3.37. The van der Waals surface area contributed by atoms with Crippen molar-refractivity contribution in [2.75, 3.05) is 0 Å². The van der Waals surface area contributed by atoms with Crippen LogP contribution in [0.1, 0.15) is 28.1 Å². The lowest BCUT2D eigenvalue weighted by Crippen LogP contribution is -2.22. The molecule has 0 radical (unpaired) electrons. The molecule has 0 atom stereocenters. The number of para-hydroxylation sites is 1. The number of hydrogen-bond donors (Lipinski definition) is 0. The van der Waals surface area contributed by atoms with Crippen LogP contribution in [-0.4, -0.2) is 20.7 Å². The third kappa shape index (κ3) is 3.05. The van der Waals surface area contributed by atoms with Crippen LogP contribution in [0.25, 0.3) is 5.69 Å². The normalized spacial score (nSPS) is 11.0. The number of rotatable bonds is 3. The zero-order chi connectivity index (χ0) is 18.8. The van der Waals surface area contributed by atoms with Crippen molar-refractivity contribution in [2.45, 2.75) is 20.8 Å². The molecule has 3 rings (SSSR count). The van der Waals surface area contributed by atoms with Gasteiger partial charge in [-0.25, -0.2) is 9.36 Å². The van der Waals surface area contributed by atoms with Gasteiger partial charge in [-0.2, -0.15) is 15.5 Å². The zero-order valence-corrected chi connectivity index (χ0v) is 15.3. The highest BCUT2D eigenvalue weighted by Crippen LogP contribution is 2.22. The molecule has 0 aliphatic carbocycles. The molecule has 0 unspecified atom stereocenters. The van der Waals surface area contributed by atoms with E-state index in [1.54, 1.807) is 24.6 Å². The highest BCUT2D eigenvalue weighted by Gasteiger charge is 2.14. The summed E-state index contributed by atoms with van der Waals surface area (Å²) in [5, 5.41) is 18.3. The Morgan fingerprint density at radius 2 is 1.92 bits per heavy atom.